The Balaban J connectivity index is 1.70. The molecule has 0 aliphatic rings. The van der Waals surface area contributed by atoms with E-state index in [1.807, 2.05) is 6.08 Å². The van der Waals surface area contributed by atoms with Gasteiger partial charge in [0.15, 0.2) is 0 Å². The van der Waals surface area contributed by atoms with Gasteiger partial charge >= 0.3 is 11.9 Å². The van der Waals surface area contributed by atoms with Crippen molar-refractivity contribution in [1.29, 1.82) is 0 Å². The normalized spacial score (nSPS) is 10.9. The Bertz CT molecular complexity index is 1330. The van der Waals surface area contributed by atoms with Crippen LogP contribution >= 0.6 is 0 Å². The Labute approximate surface area is 204 Å². The van der Waals surface area contributed by atoms with Crippen molar-refractivity contribution in [2.24, 2.45) is 0 Å². The maximum absolute atomic E-state index is 14.7. The van der Waals surface area contributed by atoms with Crippen molar-refractivity contribution in [3.05, 3.63) is 119 Å². The molecule has 3 rings (SSSR count). The van der Waals surface area contributed by atoms with Crippen molar-refractivity contribution < 1.29 is 23.5 Å². The lowest BCUT2D eigenvalue weighted by Gasteiger charge is -2.07. The first-order valence-corrected chi connectivity index (χ1v) is 10.8. The largest absolute Gasteiger partial charge is 0.423 e. The Kier molecular flexibility index (Phi) is 8.30. The van der Waals surface area contributed by atoms with Gasteiger partial charge in [-0.25, -0.2) is 14.0 Å². The fourth-order valence-electron chi connectivity index (χ4n) is 2.89. The Morgan fingerprint density at radius 2 is 1.29 bits per heavy atom. The Morgan fingerprint density at radius 3 is 1.94 bits per heavy atom. The van der Waals surface area contributed by atoms with Crippen LogP contribution in [0.5, 0.6) is 11.5 Å². The van der Waals surface area contributed by atoms with Crippen LogP contribution in [0.15, 0.2) is 91.0 Å². The van der Waals surface area contributed by atoms with E-state index in [4.69, 9.17) is 9.47 Å². The minimum absolute atomic E-state index is 0.292. The fraction of sp³-hybridized carbons (Fsp3) is 0.0667. The van der Waals surface area contributed by atoms with E-state index >= 15 is 0 Å². The molecule has 0 saturated heterocycles. The third kappa shape index (κ3) is 7.24. The molecule has 0 unspecified atom stereocenters. The highest BCUT2D eigenvalue weighted by Crippen LogP contribution is 2.23. The molecule has 0 spiro atoms. The summed E-state index contributed by atoms with van der Waals surface area (Å²) in [6, 6.07) is 18.9. The van der Waals surface area contributed by atoms with Crippen LogP contribution in [0.2, 0.25) is 0 Å². The Morgan fingerprint density at radius 1 is 0.714 bits per heavy atom. The van der Waals surface area contributed by atoms with Gasteiger partial charge in [-0.2, -0.15) is 0 Å². The zero-order valence-electron chi connectivity index (χ0n) is 19.6. The molecule has 4 nitrogen and oxygen atoms in total. The summed E-state index contributed by atoms with van der Waals surface area (Å²) in [5, 5.41) is 0. The van der Waals surface area contributed by atoms with Gasteiger partial charge in [-0.1, -0.05) is 79.9 Å². The molecule has 5 heteroatoms. The van der Waals surface area contributed by atoms with Gasteiger partial charge in [0.2, 0.25) is 0 Å². The summed E-state index contributed by atoms with van der Waals surface area (Å²) in [6.45, 7) is 10.3. The van der Waals surface area contributed by atoms with Crippen molar-refractivity contribution in [3.8, 4) is 11.5 Å². The molecule has 0 amide bonds. The third-order valence-electron chi connectivity index (χ3n) is 4.84. The van der Waals surface area contributed by atoms with E-state index in [9.17, 15) is 14.0 Å². The fourth-order valence-corrected chi connectivity index (χ4v) is 2.89. The average molecular weight is 469 g/mol. The first kappa shape index (κ1) is 25.1. The monoisotopic (exact) mass is 468 g/mol. The third-order valence-corrected chi connectivity index (χ3v) is 4.84. The number of carbonyl (C=O) groups is 2. The summed E-state index contributed by atoms with van der Waals surface area (Å²) in [5.41, 5.74) is 3.21. The zero-order chi connectivity index (χ0) is 25.4. The first-order chi connectivity index (χ1) is 16.7. The molecule has 176 valence electrons. The van der Waals surface area contributed by atoms with Gasteiger partial charge in [0.25, 0.3) is 0 Å². The maximum atomic E-state index is 14.7. The van der Waals surface area contributed by atoms with Crippen LogP contribution < -0.4 is 9.47 Å². The summed E-state index contributed by atoms with van der Waals surface area (Å²) in [5.74, 6) is -0.586. The van der Waals surface area contributed by atoms with Crippen molar-refractivity contribution in [2.45, 2.75) is 13.8 Å². The quantitative estimate of drug-likeness (QED) is 0.153. The number of esters is 2. The minimum Gasteiger partial charge on any atom is -0.423 e. The molecule has 3 aromatic carbocycles. The molecule has 0 heterocycles. The predicted molar refractivity (Wildman–Crippen MR) is 138 cm³/mol. The van der Waals surface area contributed by atoms with E-state index in [1.54, 1.807) is 92.7 Å². The van der Waals surface area contributed by atoms with Gasteiger partial charge in [0.05, 0.1) is 0 Å². The molecule has 0 fully saturated rings. The molecule has 3 aromatic rings. The number of para-hydroxylation sites is 1. The molecule has 0 N–H and O–H groups in total. The van der Waals surface area contributed by atoms with Crippen LogP contribution in [0.1, 0.15) is 36.1 Å². The standard InChI is InChI=1S/C30H25FO4/c1-20(2)29(32)34-26-17-12-22(13-18-26)9-10-23-11-14-24(27(31)19-23)15-16-25-7-5-6-8-28(25)35-30(33)21(3)4/h5-19H,1,3H2,2,4H3. The number of hydrogen-bond donors (Lipinski definition) is 0. The summed E-state index contributed by atoms with van der Waals surface area (Å²) >= 11 is 0. The van der Waals surface area contributed by atoms with E-state index in [0.717, 1.165) is 5.56 Å². The van der Waals surface area contributed by atoms with Gasteiger partial charge in [-0.15, -0.1) is 0 Å². The van der Waals surface area contributed by atoms with Crippen LogP contribution in [0.3, 0.4) is 0 Å². The van der Waals surface area contributed by atoms with Crippen LogP contribution in [0.4, 0.5) is 4.39 Å². The second-order valence-electron chi connectivity index (χ2n) is 7.89. The van der Waals surface area contributed by atoms with Gasteiger partial charge < -0.3 is 9.47 Å². The maximum Gasteiger partial charge on any atom is 0.338 e. The SMILES string of the molecule is C=C(C)C(=O)Oc1ccc(C=Cc2ccc(C=Cc3ccccc3OC(=O)C(=C)C)c(F)c2)cc1. The number of ether oxygens (including phenoxy) is 2. The van der Waals surface area contributed by atoms with Crippen molar-refractivity contribution >= 4 is 36.2 Å². The second-order valence-corrected chi connectivity index (χ2v) is 7.89. The van der Waals surface area contributed by atoms with Gasteiger partial charge in [-0.05, 0) is 49.2 Å². The second kappa shape index (κ2) is 11.6. The van der Waals surface area contributed by atoms with Crippen LogP contribution in [0.25, 0.3) is 24.3 Å². The van der Waals surface area contributed by atoms with Gasteiger partial charge in [0.1, 0.15) is 17.3 Å². The first-order valence-electron chi connectivity index (χ1n) is 10.8. The highest BCUT2D eigenvalue weighted by Gasteiger charge is 2.08. The highest BCUT2D eigenvalue weighted by atomic mass is 19.1. The van der Waals surface area contributed by atoms with E-state index in [1.165, 1.54) is 6.07 Å². The van der Waals surface area contributed by atoms with Crippen molar-refractivity contribution in [1.82, 2.24) is 0 Å². The van der Waals surface area contributed by atoms with Crippen molar-refractivity contribution in [2.75, 3.05) is 0 Å². The summed E-state index contributed by atoms with van der Waals surface area (Å²) in [7, 11) is 0. The molecule has 0 aromatic heterocycles. The molecule has 0 radical (unpaired) electrons. The van der Waals surface area contributed by atoms with Crippen LogP contribution in [0, 0.1) is 5.82 Å². The van der Waals surface area contributed by atoms with E-state index in [2.05, 4.69) is 13.2 Å². The number of hydrogen-bond acceptors (Lipinski definition) is 4. The molecule has 0 aliphatic carbocycles. The van der Waals surface area contributed by atoms with Crippen molar-refractivity contribution in [3.63, 3.8) is 0 Å². The smallest absolute Gasteiger partial charge is 0.338 e. The van der Waals surface area contributed by atoms with Crippen LogP contribution in [-0.2, 0) is 9.59 Å². The summed E-state index contributed by atoms with van der Waals surface area (Å²) in [6.07, 6.45) is 6.94. The molecular weight excluding hydrogens is 443 g/mol. The Hall–Kier alpha value is -4.51. The molecular formula is C30H25FO4. The molecule has 0 atom stereocenters. The van der Waals surface area contributed by atoms with E-state index in [-0.39, 0.29) is 5.82 Å². The lowest BCUT2D eigenvalue weighted by molar-refractivity contribution is -0.130. The minimum atomic E-state index is -0.518. The van der Waals surface area contributed by atoms with Gasteiger partial charge in [0, 0.05) is 22.3 Å². The van der Waals surface area contributed by atoms with Crippen LogP contribution in [-0.4, -0.2) is 11.9 Å². The lowest BCUT2D eigenvalue weighted by atomic mass is 10.1. The predicted octanol–water partition coefficient (Wildman–Crippen LogP) is 7.13. The summed E-state index contributed by atoms with van der Waals surface area (Å²) in [4.78, 5) is 23.4. The zero-order valence-corrected chi connectivity index (χ0v) is 19.6. The topological polar surface area (TPSA) is 52.6 Å². The number of rotatable bonds is 8. The van der Waals surface area contributed by atoms with Gasteiger partial charge in [-0.3, -0.25) is 0 Å². The lowest BCUT2D eigenvalue weighted by Crippen LogP contribution is -2.08. The highest BCUT2D eigenvalue weighted by molar-refractivity contribution is 5.90. The molecule has 35 heavy (non-hydrogen) atoms. The summed E-state index contributed by atoms with van der Waals surface area (Å²) < 4.78 is 25.2. The molecule has 0 saturated carbocycles. The molecule has 0 aliphatic heterocycles. The molecule has 0 bridgehead atoms. The van der Waals surface area contributed by atoms with E-state index in [0.29, 0.717) is 39.3 Å². The number of halogens is 1. The average Bonchev–Trinajstić information content (AvgIpc) is 2.83. The number of carbonyl (C=O) groups excluding carboxylic acids is 2. The number of benzene rings is 3. The van der Waals surface area contributed by atoms with E-state index < -0.39 is 11.9 Å².